The van der Waals surface area contributed by atoms with Crippen LogP contribution < -0.4 is 0 Å². The molecule has 3 saturated carbocycles. The fourth-order valence-corrected chi connectivity index (χ4v) is 9.95. The third-order valence-electron chi connectivity index (χ3n) is 11.7. The molecule has 0 saturated heterocycles. The Labute approximate surface area is 200 Å². The Bertz CT molecular complexity index is 942. The number of hydrogen-bond acceptors (Lipinski definition) is 3. The highest BCUT2D eigenvalue weighted by Gasteiger charge is 2.65. The van der Waals surface area contributed by atoms with Crippen LogP contribution in [0.15, 0.2) is 23.8 Å². The van der Waals surface area contributed by atoms with Crippen molar-refractivity contribution in [2.75, 3.05) is 7.11 Å². The molecule has 8 atom stereocenters. The van der Waals surface area contributed by atoms with Crippen LogP contribution >= 0.6 is 0 Å². The van der Waals surface area contributed by atoms with Gasteiger partial charge in [-0.05, 0) is 104 Å². The summed E-state index contributed by atoms with van der Waals surface area (Å²) in [5.74, 6) is 1.72. The number of rotatable bonds is 1. The monoisotopic (exact) mass is 452 g/mol. The van der Waals surface area contributed by atoms with Crippen molar-refractivity contribution in [1.29, 1.82) is 0 Å². The summed E-state index contributed by atoms with van der Waals surface area (Å²) in [6, 6.07) is 0. The highest BCUT2D eigenvalue weighted by molar-refractivity contribution is 5.95. The van der Waals surface area contributed by atoms with Gasteiger partial charge in [0.1, 0.15) is 0 Å². The minimum absolute atomic E-state index is 0.0219. The molecular formula is C30H44O3. The van der Waals surface area contributed by atoms with E-state index in [4.69, 9.17) is 4.74 Å². The van der Waals surface area contributed by atoms with Crippen LogP contribution in [-0.2, 0) is 14.3 Å². The summed E-state index contributed by atoms with van der Waals surface area (Å²) in [7, 11) is 1.51. The van der Waals surface area contributed by atoms with Crippen molar-refractivity contribution >= 4 is 11.8 Å². The maximum absolute atomic E-state index is 14.1. The SMILES string of the molecule is COC(=O)[C@@]1(C)CC[C@]2(C)CC[C@@H]3C(=CC(=O)[C@H]4[C@@]3(C)CC[C@H]3C(C)(C)C=CC[C@]43C)C2C1. The third kappa shape index (κ3) is 3.05. The average Bonchev–Trinajstić information content (AvgIpc) is 2.72. The molecule has 0 N–H and O–H groups in total. The lowest BCUT2D eigenvalue weighted by Crippen LogP contribution is -2.61. The topological polar surface area (TPSA) is 43.4 Å². The van der Waals surface area contributed by atoms with Crippen LogP contribution in [0.1, 0.15) is 92.9 Å². The molecule has 5 rings (SSSR count). The zero-order valence-corrected chi connectivity index (χ0v) is 21.9. The van der Waals surface area contributed by atoms with E-state index < -0.39 is 5.41 Å². The molecule has 3 nitrogen and oxygen atoms in total. The van der Waals surface area contributed by atoms with Crippen LogP contribution in [0.5, 0.6) is 0 Å². The van der Waals surface area contributed by atoms with Gasteiger partial charge in [-0.15, -0.1) is 0 Å². The molecule has 0 aromatic heterocycles. The van der Waals surface area contributed by atoms with Gasteiger partial charge in [-0.3, -0.25) is 9.59 Å². The van der Waals surface area contributed by atoms with E-state index in [-0.39, 0.29) is 33.5 Å². The van der Waals surface area contributed by atoms with Gasteiger partial charge in [0.05, 0.1) is 12.5 Å². The smallest absolute Gasteiger partial charge is 0.311 e. The lowest BCUT2D eigenvalue weighted by molar-refractivity contribution is -0.162. The lowest BCUT2D eigenvalue weighted by atomic mass is 9.38. The lowest BCUT2D eigenvalue weighted by Gasteiger charge is -2.66. The number of methoxy groups -OCH3 is 1. The highest BCUT2D eigenvalue weighted by atomic mass is 16.5. The van der Waals surface area contributed by atoms with E-state index in [1.807, 2.05) is 0 Å². The molecular weight excluding hydrogens is 408 g/mol. The molecule has 0 amide bonds. The van der Waals surface area contributed by atoms with Crippen LogP contribution in [0.3, 0.4) is 0 Å². The van der Waals surface area contributed by atoms with Crippen LogP contribution in [-0.4, -0.2) is 18.9 Å². The summed E-state index contributed by atoms with van der Waals surface area (Å²) >= 11 is 0. The summed E-state index contributed by atoms with van der Waals surface area (Å²) in [6.07, 6.45) is 15.4. The first-order valence-electron chi connectivity index (χ1n) is 13.3. The average molecular weight is 453 g/mol. The number of fused-ring (bicyclic) bond motifs is 7. The van der Waals surface area contributed by atoms with E-state index >= 15 is 0 Å². The molecule has 1 unspecified atom stereocenters. The Morgan fingerprint density at radius 1 is 0.939 bits per heavy atom. The maximum atomic E-state index is 14.1. The number of carbonyl (C=O) groups excluding carboxylic acids is 2. The highest BCUT2D eigenvalue weighted by Crippen LogP contribution is 2.70. The predicted octanol–water partition coefficient (Wildman–Crippen LogP) is 6.92. The van der Waals surface area contributed by atoms with Crippen molar-refractivity contribution in [3.05, 3.63) is 23.8 Å². The van der Waals surface area contributed by atoms with Crippen LogP contribution in [0, 0.1) is 50.7 Å². The van der Waals surface area contributed by atoms with E-state index in [0.29, 0.717) is 23.5 Å². The van der Waals surface area contributed by atoms with E-state index in [2.05, 4.69) is 59.8 Å². The first kappa shape index (κ1) is 23.4. The third-order valence-corrected chi connectivity index (χ3v) is 11.7. The van der Waals surface area contributed by atoms with Gasteiger partial charge in [0, 0.05) is 5.92 Å². The Morgan fingerprint density at radius 3 is 2.36 bits per heavy atom. The zero-order valence-electron chi connectivity index (χ0n) is 21.9. The normalized spacial score (nSPS) is 50.3. The maximum Gasteiger partial charge on any atom is 0.311 e. The van der Waals surface area contributed by atoms with Crippen molar-refractivity contribution in [2.24, 2.45) is 50.7 Å². The first-order valence-corrected chi connectivity index (χ1v) is 13.3. The number of ether oxygens (including phenoxy) is 1. The minimum Gasteiger partial charge on any atom is -0.469 e. The molecule has 0 radical (unpaired) electrons. The molecule has 182 valence electrons. The molecule has 0 aromatic rings. The second-order valence-electron chi connectivity index (χ2n) is 14.1. The summed E-state index contributed by atoms with van der Waals surface area (Å²) in [4.78, 5) is 26.8. The molecule has 3 fully saturated rings. The molecule has 0 aliphatic heterocycles. The number of allylic oxidation sites excluding steroid dienone is 4. The molecule has 0 bridgehead atoms. The molecule has 5 aliphatic carbocycles. The number of ketones is 1. The van der Waals surface area contributed by atoms with Gasteiger partial charge in [0.15, 0.2) is 5.78 Å². The zero-order chi connectivity index (χ0) is 24.0. The van der Waals surface area contributed by atoms with E-state index in [9.17, 15) is 9.59 Å². The van der Waals surface area contributed by atoms with Gasteiger partial charge in [-0.2, -0.15) is 0 Å². The summed E-state index contributed by atoms with van der Waals surface area (Å²) in [6.45, 7) is 14.1. The second kappa shape index (κ2) is 7.08. The van der Waals surface area contributed by atoms with Crippen molar-refractivity contribution in [3.63, 3.8) is 0 Å². The quantitative estimate of drug-likeness (QED) is 0.320. The molecule has 0 heterocycles. The minimum atomic E-state index is -0.440. The van der Waals surface area contributed by atoms with Crippen molar-refractivity contribution in [2.45, 2.75) is 92.9 Å². The fraction of sp³-hybridized carbons (Fsp3) is 0.800. The van der Waals surface area contributed by atoms with Crippen molar-refractivity contribution < 1.29 is 14.3 Å². The van der Waals surface area contributed by atoms with Crippen LogP contribution in [0.4, 0.5) is 0 Å². The van der Waals surface area contributed by atoms with Crippen LogP contribution in [0.2, 0.25) is 0 Å². The van der Waals surface area contributed by atoms with Crippen LogP contribution in [0.25, 0.3) is 0 Å². The predicted molar refractivity (Wildman–Crippen MR) is 131 cm³/mol. The van der Waals surface area contributed by atoms with E-state index in [1.165, 1.54) is 31.9 Å². The standard InChI is InChI=1S/C30H44O3/c1-26(2)11-8-12-30(6)23(26)10-14-29(5)20-9-13-27(3)15-16-28(4,25(32)33-7)18-21(27)19(20)17-22(31)24(29)30/h8,11,17,20-21,23-24H,9-10,12-16,18H2,1-7H3/t20-,21?,23+,24+,27+,28+,29+,30+/m1/s1. The van der Waals surface area contributed by atoms with Crippen molar-refractivity contribution in [1.82, 2.24) is 0 Å². The summed E-state index contributed by atoms with van der Waals surface area (Å²) < 4.78 is 5.23. The molecule has 33 heavy (non-hydrogen) atoms. The Kier molecular flexibility index (Phi) is 5.01. The van der Waals surface area contributed by atoms with Gasteiger partial charge in [-0.1, -0.05) is 52.3 Å². The Morgan fingerprint density at radius 2 is 1.67 bits per heavy atom. The number of esters is 1. The Balaban J connectivity index is 1.57. The first-order chi connectivity index (χ1) is 15.3. The largest absolute Gasteiger partial charge is 0.469 e. The second-order valence-corrected chi connectivity index (χ2v) is 14.1. The van der Waals surface area contributed by atoms with Gasteiger partial charge in [-0.25, -0.2) is 0 Å². The molecule has 5 aliphatic rings. The summed E-state index contributed by atoms with van der Waals surface area (Å²) in [5, 5.41) is 0. The number of carbonyl (C=O) groups is 2. The molecule has 0 spiro atoms. The van der Waals surface area contributed by atoms with E-state index in [1.54, 1.807) is 0 Å². The van der Waals surface area contributed by atoms with Gasteiger partial charge < -0.3 is 4.74 Å². The fourth-order valence-electron chi connectivity index (χ4n) is 9.95. The molecule has 3 heteroatoms. The van der Waals surface area contributed by atoms with E-state index in [0.717, 1.165) is 32.1 Å². The number of hydrogen-bond donors (Lipinski definition) is 0. The van der Waals surface area contributed by atoms with Gasteiger partial charge in [0.25, 0.3) is 0 Å². The molecule has 0 aromatic carbocycles. The summed E-state index contributed by atoms with van der Waals surface area (Å²) in [5.41, 5.74) is 1.33. The van der Waals surface area contributed by atoms with Gasteiger partial charge >= 0.3 is 5.97 Å². The van der Waals surface area contributed by atoms with Gasteiger partial charge in [0.2, 0.25) is 0 Å². The van der Waals surface area contributed by atoms with Crippen molar-refractivity contribution in [3.8, 4) is 0 Å². The Hall–Kier alpha value is -1.38.